The molecule has 0 saturated heterocycles. The molecule has 5 nitrogen and oxygen atoms in total. The van der Waals surface area contributed by atoms with Crippen LogP contribution in [0, 0.1) is 0 Å². The Balaban J connectivity index is 1.95. The Labute approximate surface area is 117 Å². The van der Waals surface area contributed by atoms with Crippen molar-refractivity contribution in [1.29, 1.82) is 0 Å². The van der Waals surface area contributed by atoms with Gasteiger partial charge in [0.1, 0.15) is 12.2 Å². The molecule has 3 rings (SSSR count). The SMILES string of the molecule is CCn1ncnc1CC(N)c1cccc2cccnc12. The second-order valence-electron chi connectivity index (χ2n) is 4.73. The molecule has 2 aromatic heterocycles. The Kier molecular flexibility index (Phi) is 3.43. The van der Waals surface area contributed by atoms with Crippen LogP contribution >= 0.6 is 0 Å². The second kappa shape index (κ2) is 5.38. The third kappa shape index (κ3) is 2.28. The molecule has 0 spiro atoms. The fourth-order valence-electron chi connectivity index (χ4n) is 2.44. The van der Waals surface area contributed by atoms with Crippen LogP contribution in [-0.4, -0.2) is 19.7 Å². The number of para-hydroxylation sites is 1. The lowest BCUT2D eigenvalue weighted by Gasteiger charge is -2.14. The van der Waals surface area contributed by atoms with Gasteiger partial charge in [-0.15, -0.1) is 0 Å². The molecule has 20 heavy (non-hydrogen) atoms. The van der Waals surface area contributed by atoms with Crippen molar-refractivity contribution < 1.29 is 0 Å². The van der Waals surface area contributed by atoms with E-state index in [2.05, 4.69) is 15.1 Å². The molecule has 3 aromatic rings. The van der Waals surface area contributed by atoms with Crippen LogP contribution in [0.15, 0.2) is 42.9 Å². The molecule has 0 amide bonds. The molecule has 5 heteroatoms. The third-order valence-electron chi connectivity index (χ3n) is 3.46. The summed E-state index contributed by atoms with van der Waals surface area (Å²) >= 11 is 0. The standard InChI is InChI=1S/C15H17N5/c1-2-20-14(18-10-19-20)9-13(16)12-7-3-5-11-6-4-8-17-15(11)12/h3-8,10,13H,2,9,16H2,1H3. The third-order valence-corrected chi connectivity index (χ3v) is 3.46. The summed E-state index contributed by atoms with van der Waals surface area (Å²) in [6.45, 7) is 2.85. The van der Waals surface area contributed by atoms with Crippen LogP contribution in [0.4, 0.5) is 0 Å². The van der Waals surface area contributed by atoms with E-state index in [4.69, 9.17) is 5.73 Å². The number of benzene rings is 1. The van der Waals surface area contributed by atoms with Crippen LogP contribution in [-0.2, 0) is 13.0 Å². The van der Waals surface area contributed by atoms with Crippen molar-refractivity contribution in [1.82, 2.24) is 19.7 Å². The first kappa shape index (κ1) is 12.7. The zero-order chi connectivity index (χ0) is 13.9. The summed E-state index contributed by atoms with van der Waals surface area (Å²) < 4.78 is 1.87. The first-order valence-corrected chi connectivity index (χ1v) is 6.75. The van der Waals surface area contributed by atoms with Crippen LogP contribution in [0.25, 0.3) is 10.9 Å². The van der Waals surface area contributed by atoms with E-state index >= 15 is 0 Å². The van der Waals surface area contributed by atoms with Gasteiger partial charge < -0.3 is 5.73 Å². The normalized spacial score (nSPS) is 12.7. The molecule has 0 saturated carbocycles. The lowest BCUT2D eigenvalue weighted by atomic mass is 10.0. The van der Waals surface area contributed by atoms with E-state index in [0.29, 0.717) is 6.42 Å². The fraction of sp³-hybridized carbons (Fsp3) is 0.267. The maximum Gasteiger partial charge on any atom is 0.138 e. The van der Waals surface area contributed by atoms with Crippen LogP contribution in [0.1, 0.15) is 24.4 Å². The summed E-state index contributed by atoms with van der Waals surface area (Å²) in [6.07, 6.45) is 4.03. The van der Waals surface area contributed by atoms with Crippen LogP contribution in [0.3, 0.4) is 0 Å². The molecule has 0 aliphatic heterocycles. The largest absolute Gasteiger partial charge is 0.324 e. The van der Waals surface area contributed by atoms with Gasteiger partial charge in [-0.3, -0.25) is 9.67 Å². The van der Waals surface area contributed by atoms with Gasteiger partial charge in [-0.1, -0.05) is 24.3 Å². The minimum atomic E-state index is -0.136. The van der Waals surface area contributed by atoms with Gasteiger partial charge in [0, 0.05) is 30.6 Å². The highest BCUT2D eigenvalue weighted by atomic mass is 15.3. The van der Waals surface area contributed by atoms with Crippen LogP contribution in [0.5, 0.6) is 0 Å². The van der Waals surface area contributed by atoms with Crippen molar-refractivity contribution in [2.45, 2.75) is 25.9 Å². The highest BCUT2D eigenvalue weighted by Crippen LogP contribution is 2.23. The maximum atomic E-state index is 6.35. The Hall–Kier alpha value is -2.27. The Morgan fingerprint density at radius 2 is 2.05 bits per heavy atom. The molecule has 2 N–H and O–H groups in total. The van der Waals surface area contributed by atoms with Gasteiger partial charge >= 0.3 is 0 Å². The molecular formula is C15H17N5. The van der Waals surface area contributed by atoms with E-state index < -0.39 is 0 Å². The number of hydrogen-bond donors (Lipinski definition) is 1. The van der Waals surface area contributed by atoms with Crippen LogP contribution < -0.4 is 5.73 Å². The molecule has 0 aliphatic carbocycles. The summed E-state index contributed by atoms with van der Waals surface area (Å²) in [5.41, 5.74) is 8.37. The van der Waals surface area contributed by atoms with E-state index in [1.165, 1.54) is 0 Å². The van der Waals surface area contributed by atoms with E-state index in [-0.39, 0.29) is 6.04 Å². The molecule has 0 aliphatic rings. The summed E-state index contributed by atoms with van der Waals surface area (Å²) in [6, 6.07) is 9.95. The van der Waals surface area contributed by atoms with E-state index in [0.717, 1.165) is 28.8 Å². The number of pyridine rings is 1. The predicted octanol–water partition coefficient (Wildman–Crippen LogP) is 2.09. The molecule has 0 bridgehead atoms. The number of nitrogens with two attached hydrogens (primary N) is 1. The fourth-order valence-corrected chi connectivity index (χ4v) is 2.44. The number of fused-ring (bicyclic) bond motifs is 1. The number of rotatable bonds is 4. The number of aromatic nitrogens is 4. The second-order valence-corrected chi connectivity index (χ2v) is 4.73. The van der Waals surface area contributed by atoms with Crippen molar-refractivity contribution in [3.8, 4) is 0 Å². The van der Waals surface area contributed by atoms with Gasteiger partial charge in [0.25, 0.3) is 0 Å². The average molecular weight is 267 g/mol. The molecule has 1 atom stereocenters. The molecule has 102 valence electrons. The Bertz CT molecular complexity index is 714. The highest BCUT2D eigenvalue weighted by Gasteiger charge is 2.14. The molecule has 2 heterocycles. The monoisotopic (exact) mass is 267 g/mol. The van der Waals surface area contributed by atoms with Crippen molar-refractivity contribution in [3.63, 3.8) is 0 Å². The number of nitrogens with zero attached hydrogens (tertiary/aromatic N) is 4. The van der Waals surface area contributed by atoms with Gasteiger partial charge in [0.05, 0.1) is 5.52 Å². The minimum Gasteiger partial charge on any atom is -0.324 e. The van der Waals surface area contributed by atoms with Gasteiger partial charge in [0.15, 0.2) is 0 Å². The molecule has 0 radical (unpaired) electrons. The van der Waals surface area contributed by atoms with Gasteiger partial charge in [0.2, 0.25) is 0 Å². The summed E-state index contributed by atoms with van der Waals surface area (Å²) in [4.78, 5) is 8.74. The lowest BCUT2D eigenvalue weighted by Crippen LogP contribution is -2.17. The average Bonchev–Trinajstić information content (AvgIpc) is 2.93. The lowest BCUT2D eigenvalue weighted by molar-refractivity contribution is 0.582. The molecular weight excluding hydrogens is 250 g/mol. The molecule has 1 unspecified atom stereocenters. The molecule has 0 fully saturated rings. The van der Waals surface area contributed by atoms with E-state index in [1.807, 2.05) is 41.9 Å². The molecule has 1 aromatic carbocycles. The summed E-state index contributed by atoms with van der Waals surface area (Å²) in [5.74, 6) is 0.910. The van der Waals surface area contributed by atoms with E-state index in [9.17, 15) is 0 Å². The summed E-state index contributed by atoms with van der Waals surface area (Å²) in [7, 11) is 0. The van der Waals surface area contributed by atoms with Gasteiger partial charge in [-0.05, 0) is 18.6 Å². The zero-order valence-electron chi connectivity index (χ0n) is 11.4. The maximum absolute atomic E-state index is 6.35. The van der Waals surface area contributed by atoms with Gasteiger partial charge in [-0.2, -0.15) is 5.10 Å². The van der Waals surface area contributed by atoms with Gasteiger partial charge in [-0.25, -0.2) is 4.98 Å². The minimum absolute atomic E-state index is 0.136. The van der Waals surface area contributed by atoms with Crippen molar-refractivity contribution in [2.24, 2.45) is 5.73 Å². The highest BCUT2D eigenvalue weighted by molar-refractivity contribution is 5.81. The zero-order valence-corrected chi connectivity index (χ0v) is 11.4. The first-order chi connectivity index (χ1) is 9.79. The quantitative estimate of drug-likeness (QED) is 0.785. The van der Waals surface area contributed by atoms with Crippen molar-refractivity contribution in [3.05, 3.63) is 54.2 Å². The predicted molar refractivity (Wildman–Crippen MR) is 78.1 cm³/mol. The Morgan fingerprint density at radius 3 is 2.90 bits per heavy atom. The number of aryl methyl sites for hydroxylation is 1. The number of hydrogen-bond acceptors (Lipinski definition) is 4. The van der Waals surface area contributed by atoms with Crippen LogP contribution in [0.2, 0.25) is 0 Å². The topological polar surface area (TPSA) is 69.6 Å². The van der Waals surface area contributed by atoms with Crippen molar-refractivity contribution in [2.75, 3.05) is 0 Å². The Morgan fingerprint density at radius 1 is 1.20 bits per heavy atom. The van der Waals surface area contributed by atoms with E-state index in [1.54, 1.807) is 12.5 Å². The smallest absolute Gasteiger partial charge is 0.138 e. The first-order valence-electron chi connectivity index (χ1n) is 6.75. The van der Waals surface area contributed by atoms with Crippen molar-refractivity contribution >= 4 is 10.9 Å². The summed E-state index contributed by atoms with van der Waals surface area (Å²) in [5, 5.41) is 5.29.